The van der Waals surface area contributed by atoms with E-state index < -0.39 is 0 Å². The number of carbonyl (C=O) groups is 2. The molecule has 0 saturated carbocycles. The zero-order chi connectivity index (χ0) is 16.8. The molecular formula is C19H22N2O2S. The van der Waals surface area contributed by atoms with Crippen LogP contribution in [0.15, 0.2) is 41.9 Å². The van der Waals surface area contributed by atoms with Gasteiger partial charge in [0.15, 0.2) is 5.78 Å². The Morgan fingerprint density at radius 3 is 2.54 bits per heavy atom. The van der Waals surface area contributed by atoms with Crippen LogP contribution in [0.25, 0.3) is 0 Å². The molecule has 0 atom stereocenters. The number of carbonyl (C=O) groups excluding carboxylic acids is 2. The molecule has 0 spiro atoms. The molecule has 1 aromatic heterocycles. The summed E-state index contributed by atoms with van der Waals surface area (Å²) in [6.07, 6.45) is 5.34. The Labute approximate surface area is 146 Å². The molecule has 1 aliphatic heterocycles. The summed E-state index contributed by atoms with van der Waals surface area (Å²) in [5.74, 6) is 0.785. The van der Waals surface area contributed by atoms with E-state index in [0.29, 0.717) is 25.2 Å². The van der Waals surface area contributed by atoms with Crippen LogP contribution < -0.4 is 0 Å². The number of rotatable bonds is 6. The Kier molecular flexibility index (Phi) is 5.75. The fraction of sp³-hybridized carbons (Fsp3) is 0.421. The van der Waals surface area contributed by atoms with Gasteiger partial charge >= 0.3 is 0 Å². The molecule has 1 fully saturated rings. The standard InChI is InChI=1S/C19H22N2O2S/c22-17(15-5-2-1-3-6-15)7-4-8-18(23)21-12-9-16(10-13-21)19-20-11-14-24-19/h1-3,5-6,11,14,16H,4,7-10,12-13H2. The molecule has 24 heavy (non-hydrogen) atoms. The maximum absolute atomic E-state index is 12.3. The lowest BCUT2D eigenvalue weighted by molar-refractivity contribution is -0.132. The SMILES string of the molecule is O=C(CCCC(=O)N1CCC(c2nccs2)CC1)c1ccccc1. The predicted molar refractivity (Wildman–Crippen MR) is 95.3 cm³/mol. The van der Waals surface area contributed by atoms with Crippen LogP contribution in [0, 0.1) is 0 Å². The van der Waals surface area contributed by atoms with Crippen molar-refractivity contribution < 1.29 is 9.59 Å². The minimum atomic E-state index is 0.117. The maximum atomic E-state index is 12.3. The summed E-state index contributed by atoms with van der Waals surface area (Å²) in [6.45, 7) is 1.60. The van der Waals surface area contributed by atoms with E-state index in [1.807, 2.05) is 46.8 Å². The summed E-state index contributed by atoms with van der Waals surface area (Å²) in [6, 6.07) is 9.28. The highest BCUT2D eigenvalue weighted by Gasteiger charge is 2.24. The van der Waals surface area contributed by atoms with Crippen LogP contribution in [0.4, 0.5) is 0 Å². The molecule has 2 heterocycles. The molecule has 3 rings (SSSR count). The molecule has 0 unspecified atom stereocenters. The van der Waals surface area contributed by atoms with Gasteiger partial charge in [-0.25, -0.2) is 4.98 Å². The molecule has 126 valence electrons. The van der Waals surface area contributed by atoms with E-state index in [-0.39, 0.29) is 11.7 Å². The van der Waals surface area contributed by atoms with Crippen LogP contribution in [-0.4, -0.2) is 34.7 Å². The van der Waals surface area contributed by atoms with Crippen molar-refractivity contribution in [1.82, 2.24) is 9.88 Å². The van der Waals surface area contributed by atoms with E-state index in [9.17, 15) is 9.59 Å². The third kappa shape index (κ3) is 4.29. The summed E-state index contributed by atoms with van der Waals surface area (Å²) < 4.78 is 0. The highest BCUT2D eigenvalue weighted by molar-refractivity contribution is 7.09. The summed E-state index contributed by atoms with van der Waals surface area (Å²) in [5.41, 5.74) is 0.731. The second-order valence-corrected chi connectivity index (χ2v) is 7.09. The van der Waals surface area contributed by atoms with E-state index in [4.69, 9.17) is 0 Å². The first-order chi connectivity index (χ1) is 11.7. The molecule has 0 radical (unpaired) electrons. The molecule has 0 aliphatic carbocycles. The number of piperidine rings is 1. The summed E-state index contributed by atoms with van der Waals surface area (Å²) in [4.78, 5) is 30.7. The average molecular weight is 342 g/mol. The Morgan fingerprint density at radius 1 is 1.12 bits per heavy atom. The van der Waals surface area contributed by atoms with E-state index in [1.54, 1.807) is 11.3 Å². The molecule has 1 aromatic carbocycles. The quantitative estimate of drug-likeness (QED) is 0.748. The predicted octanol–water partition coefficient (Wildman–Crippen LogP) is 3.90. The van der Waals surface area contributed by atoms with Gasteiger partial charge in [0.1, 0.15) is 0 Å². The minimum absolute atomic E-state index is 0.117. The van der Waals surface area contributed by atoms with Gasteiger partial charge in [-0.1, -0.05) is 30.3 Å². The minimum Gasteiger partial charge on any atom is -0.343 e. The zero-order valence-corrected chi connectivity index (χ0v) is 14.5. The lowest BCUT2D eigenvalue weighted by atomic mass is 9.97. The number of aromatic nitrogens is 1. The van der Waals surface area contributed by atoms with Gasteiger partial charge in [0.05, 0.1) is 5.01 Å². The molecule has 1 aliphatic rings. The number of Topliss-reactive ketones (excluding diaryl/α,β-unsaturated/α-hetero) is 1. The highest BCUT2D eigenvalue weighted by atomic mass is 32.1. The van der Waals surface area contributed by atoms with Gasteiger partial charge in [-0.3, -0.25) is 9.59 Å². The molecule has 1 amide bonds. The van der Waals surface area contributed by atoms with Crippen LogP contribution in [0.2, 0.25) is 0 Å². The van der Waals surface area contributed by atoms with Gasteiger partial charge in [0.25, 0.3) is 0 Å². The number of amides is 1. The van der Waals surface area contributed by atoms with E-state index >= 15 is 0 Å². The number of hydrogen-bond donors (Lipinski definition) is 0. The first-order valence-corrected chi connectivity index (χ1v) is 9.37. The number of likely N-dealkylation sites (tertiary alicyclic amines) is 1. The second-order valence-electron chi connectivity index (χ2n) is 6.17. The monoisotopic (exact) mass is 342 g/mol. The zero-order valence-electron chi connectivity index (χ0n) is 13.7. The number of hydrogen-bond acceptors (Lipinski definition) is 4. The van der Waals surface area contributed by atoms with Gasteiger partial charge in [0, 0.05) is 49.0 Å². The van der Waals surface area contributed by atoms with Crippen LogP contribution >= 0.6 is 11.3 Å². The normalized spacial score (nSPS) is 15.4. The number of benzene rings is 1. The van der Waals surface area contributed by atoms with Gasteiger partial charge in [-0.05, 0) is 19.3 Å². The van der Waals surface area contributed by atoms with Crippen LogP contribution in [0.3, 0.4) is 0 Å². The third-order valence-electron chi connectivity index (χ3n) is 4.54. The molecule has 0 bridgehead atoms. The van der Waals surface area contributed by atoms with Gasteiger partial charge in [0.2, 0.25) is 5.91 Å². The van der Waals surface area contributed by atoms with Crippen molar-refractivity contribution in [2.24, 2.45) is 0 Å². The van der Waals surface area contributed by atoms with Crippen molar-refractivity contribution in [2.45, 2.75) is 38.0 Å². The Hall–Kier alpha value is -2.01. The van der Waals surface area contributed by atoms with E-state index in [0.717, 1.165) is 31.5 Å². The average Bonchev–Trinajstić information content (AvgIpc) is 3.17. The second kappa shape index (κ2) is 8.20. The van der Waals surface area contributed by atoms with Crippen molar-refractivity contribution in [1.29, 1.82) is 0 Å². The van der Waals surface area contributed by atoms with E-state index in [2.05, 4.69) is 4.98 Å². The molecule has 1 saturated heterocycles. The van der Waals surface area contributed by atoms with Crippen molar-refractivity contribution in [3.8, 4) is 0 Å². The maximum Gasteiger partial charge on any atom is 0.222 e. The van der Waals surface area contributed by atoms with Crippen molar-refractivity contribution >= 4 is 23.0 Å². The number of thiazole rings is 1. The Bertz CT molecular complexity index is 662. The summed E-state index contributed by atoms with van der Waals surface area (Å²) in [5, 5.41) is 3.20. The van der Waals surface area contributed by atoms with Crippen molar-refractivity contribution in [2.75, 3.05) is 13.1 Å². The smallest absolute Gasteiger partial charge is 0.222 e. The number of nitrogens with zero attached hydrogens (tertiary/aromatic N) is 2. The molecule has 0 N–H and O–H groups in total. The largest absolute Gasteiger partial charge is 0.343 e. The molecular weight excluding hydrogens is 320 g/mol. The molecule has 5 heteroatoms. The summed E-state index contributed by atoms with van der Waals surface area (Å²) >= 11 is 1.70. The highest BCUT2D eigenvalue weighted by Crippen LogP contribution is 2.29. The lowest BCUT2D eigenvalue weighted by Crippen LogP contribution is -2.37. The van der Waals surface area contributed by atoms with Gasteiger partial charge in [-0.15, -0.1) is 11.3 Å². The Balaban J connectivity index is 1.39. The van der Waals surface area contributed by atoms with Gasteiger partial charge < -0.3 is 4.90 Å². The lowest BCUT2D eigenvalue weighted by Gasteiger charge is -2.31. The topological polar surface area (TPSA) is 50.3 Å². The number of ketones is 1. The van der Waals surface area contributed by atoms with E-state index in [1.165, 1.54) is 5.01 Å². The fourth-order valence-electron chi connectivity index (χ4n) is 3.14. The summed E-state index contributed by atoms with van der Waals surface area (Å²) in [7, 11) is 0. The fourth-order valence-corrected chi connectivity index (χ4v) is 3.95. The molecule has 4 nitrogen and oxygen atoms in total. The molecule has 2 aromatic rings. The van der Waals surface area contributed by atoms with Crippen LogP contribution in [-0.2, 0) is 4.79 Å². The van der Waals surface area contributed by atoms with Crippen LogP contribution in [0.1, 0.15) is 53.4 Å². The van der Waals surface area contributed by atoms with Crippen LogP contribution in [0.5, 0.6) is 0 Å². The first-order valence-electron chi connectivity index (χ1n) is 8.49. The third-order valence-corrected chi connectivity index (χ3v) is 5.48. The van der Waals surface area contributed by atoms with Gasteiger partial charge in [-0.2, -0.15) is 0 Å². The Morgan fingerprint density at radius 2 is 1.88 bits per heavy atom. The van der Waals surface area contributed by atoms with Crippen molar-refractivity contribution in [3.05, 3.63) is 52.5 Å². The first kappa shape index (κ1) is 16.8. The van der Waals surface area contributed by atoms with Crippen molar-refractivity contribution in [3.63, 3.8) is 0 Å².